The molecular weight excluding hydrogens is 284 g/mol. The van der Waals surface area contributed by atoms with Crippen molar-refractivity contribution in [1.82, 2.24) is 15.3 Å². The van der Waals surface area contributed by atoms with E-state index in [1.165, 1.54) is 6.20 Å². The highest BCUT2D eigenvalue weighted by Gasteiger charge is 2.09. The summed E-state index contributed by atoms with van der Waals surface area (Å²) in [7, 11) is 0. The highest BCUT2D eigenvalue weighted by molar-refractivity contribution is 5.86. The number of nitrogens with one attached hydrogen (secondary N) is 2. The first-order chi connectivity index (χ1) is 10.6. The van der Waals surface area contributed by atoms with Crippen LogP contribution in [0.3, 0.4) is 0 Å². The first kappa shape index (κ1) is 14.1. The van der Waals surface area contributed by atoms with Crippen LogP contribution in [0.1, 0.15) is 17.2 Å². The van der Waals surface area contributed by atoms with Gasteiger partial charge in [-0.1, -0.05) is 12.1 Å². The number of urea groups is 1. The zero-order valence-corrected chi connectivity index (χ0v) is 12.3. The fourth-order valence-electron chi connectivity index (χ4n) is 2.08. The number of aromatic nitrogens is 2. The van der Waals surface area contributed by atoms with Crippen LogP contribution in [0, 0.1) is 13.8 Å². The number of para-hydroxylation sites is 1. The van der Waals surface area contributed by atoms with Crippen molar-refractivity contribution in [3.8, 4) is 0 Å². The Hall–Kier alpha value is -2.83. The summed E-state index contributed by atoms with van der Waals surface area (Å²) in [5, 5.41) is 5.20. The van der Waals surface area contributed by atoms with E-state index >= 15 is 0 Å². The highest BCUT2D eigenvalue weighted by atomic mass is 16.4. The van der Waals surface area contributed by atoms with Gasteiger partial charge in [0.25, 0.3) is 0 Å². The Kier molecular flexibility index (Phi) is 3.78. The van der Waals surface area contributed by atoms with Gasteiger partial charge < -0.3 is 14.2 Å². The summed E-state index contributed by atoms with van der Waals surface area (Å²) in [6.45, 7) is 4.14. The van der Waals surface area contributed by atoms with E-state index in [1.54, 1.807) is 6.92 Å². The van der Waals surface area contributed by atoms with Crippen LogP contribution in [-0.4, -0.2) is 22.5 Å². The molecule has 7 heteroatoms. The third-order valence-electron chi connectivity index (χ3n) is 3.13. The average molecular weight is 300 g/mol. The molecule has 0 aliphatic heterocycles. The molecule has 0 spiro atoms. The molecule has 0 fully saturated rings. The Bertz CT molecular complexity index is 806. The summed E-state index contributed by atoms with van der Waals surface area (Å²) in [6, 6.07) is 5.58. The van der Waals surface area contributed by atoms with Crippen molar-refractivity contribution in [2.75, 3.05) is 11.9 Å². The quantitative estimate of drug-likeness (QED) is 0.772. The molecule has 0 aliphatic carbocycles. The second-order valence-corrected chi connectivity index (χ2v) is 4.94. The van der Waals surface area contributed by atoms with E-state index in [1.807, 2.05) is 25.1 Å². The molecular formula is C15H16N4O3. The molecule has 3 rings (SSSR count). The summed E-state index contributed by atoms with van der Waals surface area (Å²) >= 11 is 0. The number of oxazole rings is 2. The summed E-state index contributed by atoms with van der Waals surface area (Å²) in [5.41, 5.74) is 2.68. The Morgan fingerprint density at radius 1 is 1.27 bits per heavy atom. The van der Waals surface area contributed by atoms with Gasteiger partial charge in [0.05, 0.1) is 6.20 Å². The maximum absolute atomic E-state index is 11.7. The van der Waals surface area contributed by atoms with Crippen LogP contribution in [-0.2, 0) is 6.42 Å². The number of fused-ring (bicyclic) bond motifs is 1. The zero-order valence-electron chi connectivity index (χ0n) is 12.3. The first-order valence-corrected chi connectivity index (χ1v) is 6.94. The van der Waals surface area contributed by atoms with Gasteiger partial charge in [-0.25, -0.2) is 14.8 Å². The standard InChI is InChI=1S/C15H16N4O3/c1-9-4-3-5-11-13(9)18-12(22-11)6-7-16-14(20)19-15-17-8-10(2)21-15/h3-5,8H,6-7H2,1-2H3,(H2,16,17,19,20). The number of anilines is 1. The van der Waals surface area contributed by atoms with E-state index in [0.717, 1.165) is 16.7 Å². The lowest BCUT2D eigenvalue weighted by atomic mass is 10.2. The average Bonchev–Trinajstić information content (AvgIpc) is 3.06. The number of carbonyl (C=O) groups is 1. The predicted octanol–water partition coefficient (Wildman–Crippen LogP) is 2.80. The number of benzene rings is 1. The van der Waals surface area contributed by atoms with Crippen molar-refractivity contribution in [3.05, 3.63) is 41.6 Å². The van der Waals surface area contributed by atoms with Crippen molar-refractivity contribution in [2.24, 2.45) is 0 Å². The number of hydrogen-bond donors (Lipinski definition) is 2. The van der Waals surface area contributed by atoms with Crippen molar-refractivity contribution in [1.29, 1.82) is 0 Å². The summed E-state index contributed by atoms with van der Waals surface area (Å²) in [6.07, 6.45) is 2.04. The number of nitrogens with zero attached hydrogens (tertiary/aromatic N) is 2. The second-order valence-electron chi connectivity index (χ2n) is 4.94. The van der Waals surface area contributed by atoms with E-state index in [4.69, 9.17) is 8.83 Å². The van der Waals surface area contributed by atoms with Gasteiger partial charge in [-0.05, 0) is 25.5 Å². The minimum Gasteiger partial charge on any atom is -0.441 e. The molecule has 0 saturated heterocycles. The third-order valence-corrected chi connectivity index (χ3v) is 3.13. The monoisotopic (exact) mass is 300 g/mol. The van der Waals surface area contributed by atoms with Gasteiger partial charge in [-0.3, -0.25) is 5.32 Å². The van der Waals surface area contributed by atoms with Crippen molar-refractivity contribution < 1.29 is 13.6 Å². The SMILES string of the molecule is Cc1cnc(NC(=O)NCCc2nc3c(C)cccc3o2)o1. The van der Waals surface area contributed by atoms with Crippen molar-refractivity contribution in [3.63, 3.8) is 0 Å². The highest BCUT2D eigenvalue weighted by Crippen LogP contribution is 2.18. The van der Waals surface area contributed by atoms with E-state index in [0.29, 0.717) is 24.6 Å². The van der Waals surface area contributed by atoms with Gasteiger partial charge >= 0.3 is 12.0 Å². The van der Waals surface area contributed by atoms with Gasteiger partial charge in [0.2, 0.25) is 0 Å². The summed E-state index contributed by atoms with van der Waals surface area (Å²) in [5.74, 6) is 1.23. The molecule has 1 aromatic carbocycles. The van der Waals surface area contributed by atoms with Crippen molar-refractivity contribution in [2.45, 2.75) is 20.3 Å². The van der Waals surface area contributed by atoms with Crippen LogP contribution in [0.4, 0.5) is 10.8 Å². The van der Waals surface area contributed by atoms with Gasteiger partial charge in [-0.15, -0.1) is 0 Å². The molecule has 114 valence electrons. The topological polar surface area (TPSA) is 93.2 Å². The Labute approximate surface area is 126 Å². The van der Waals surface area contributed by atoms with Crippen molar-refractivity contribution >= 4 is 23.1 Å². The minimum atomic E-state index is -0.380. The normalized spacial score (nSPS) is 10.8. The van der Waals surface area contributed by atoms with Gasteiger partial charge in [0.15, 0.2) is 11.5 Å². The fraction of sp³-hybridized carbons (Fsp3) is 0.267. The number of amides is 2. The minimum absolute atomic E-state index is 0.174. The lowest BCUT2D eigenvalue weighted by Gasteiger charge is -2.02. The molecule has 0 aliphatic rings. The smallest absolute Gasteiger partial charge is 0.322 e. The van der Waals surface area contributed by atoms with E-state index in [2.05, 4.69) is 20.6 Å². The van der Waals surface area contributed by atoms with Gasteiger partial charge in [0, 0.05) is 13.0 Å². The van der Waals surface area contributed by atoms with Crippen LogP contribution < -0.4 is 10.6 Å². The van der Waals surface area contributed by atoms with Gasteiger partial charge in [0.1, 0.15) is 11.3 Å². The van der Waals surface area contributed by atoms with Crippen LogP contribution >= 0.6 is 0 Å². The predicted molar refractivity (Wildman–Crippen MR) is 80.7 cm³/mol. The molecule has 22 heavy (non-hydrogen) atoms. The van der Waals surface area contributed by atoms with E-state index in [9.17, 15) is 4.79 Å². The molecule has 2 N–H and O–H groups in total. The summed E-state index contributed by atoms with van der Waals surface area (Å²) < 4.78 is 10.8. The first-order valence-electron chi connectivity index (χ1n) is 6.94. The maximum Gasteiger partial charge on any atom is 0.322 e. The summed E-state index contributed by atoms with van der Waals surface area (Å²) in [4.78, 5) is 20.0. The molecule has 2 heterocycles. The molecule has 0 unspecified atom stereocenters. The molecule has 7 nitrogen and oxygen atoms in total. The second kappa shape index (κ2) is 5.88. The van der Waals surface area contributed by atoms with Crippen LogP contribution in [0.25, 0.3) is 11.1 Å². The molecule has 0 bridgehead atoms. The Morgan fingerprint density at radius 3 is 2.86 bits per heavy atom. The zero-order chi connectivity index (χ0) is 15.5. The molecule has 0 atom stereocenters. The van der Waals surface area contributed by atoms with E-state index < -0.39 is 0 Å². The number of rotatable bonds is 4. The Balaban J connectivity index is 1.53. The van der Waals surface area contributed by atoms with Crippen LogP contribution in [0.5, 0.6) is 0 Å². The largest absolute Gasteiger partial charge is 0.441 e. The van der Waals surface area contributed by atoms with E-state index in [-0.39, 0.29) is 12.0 Å². The lowest BCUT2D eigenvalue weighted by molar-refractivity contribution is 0.251. The number of carbonyl (C=O) groups excluding carboxylic acids is 1. The number of aryl methyl sites for hydroxylation is 2. The number of hydrogen-bond acceptors (Lipinski definition) is 5. The molecule has 2 aromatic heterocycles. The van der Waals surface area contributed by atoms with Crippen LogP contribution in [0.2, 0.25) is 0 Å². The molecule has 2 amide bonds. The lowest BCUT2D eigenvalue weighted by Crippen LogP contribution is -2.30. The van der Waals surface area contributed by atoms with Gasteiger partial charge in [-0.2, -0.15) is 0 Å². The molecule has 3 aromatic rings. The van der Waals surface area contributed by atoms with Crippen LogP contribution in [0.15, 0.2) is 33.2 Å². The fourth-order valence-corrected chi connectivity index (χ4v) is 2.08. The molecule has 0 radical (unpaired) electrons. The maximum atomic E-state index is 11.7. The Morgan fingerprint density at radius 2 is 2.14 bits per heavy atom. The third kappa shape index (κ3) is 3.08. The molecule has 0 saturated carbocycles.